The van der Waals surface area contributed by atoms with Gasteiger partial charge in [-0.05, 0) is 36.6 Å². The van der Waals surface area contributed by atoms with Gasteiger partial charge in [0, 0.05) is 6.20 Å². The molecular formula is C15H10ClF3N4OS. The van der Waals surface area contributed by atoms with Gasteiger partial charge in [-0.15, -0.1) is 0 Å². The van der Waals surface area contributed by atoms with E-state index in [4.69, 9.17) is 21.6 Å². The standard InChI is InChI=1S/C15H10ClF3N4OS/c1-25-14(22-8-20)23-10-2-4-11(5-3-10)24-13-12(16)6-9(7-21-13)15(17,18)19/h2-7H,1H3,(H,22,23). The largest absolute Gasteiger partial charge is 0.438 e. The molecule has 1 heterocycles. The molecule has 5 nitrogen and oxygen atoms in total. The molecule has 10 heteroatoms. The molecule has 0 fully saturated rings. The lowest BCUT2D eigenvalue weighted by molar-refractivity contribution is -0.137. The van der Waals surface area contributed by atoms with Crippen molar-refractivity contribution in [1.82, 2.24) is 10.3 Å². The minimum Gasteiger partial charge on any atom is -0.438 e. The molecule has 0 radical (unpaired) electrons. The lowest BCUT2D eigenvalue weighted by Crippen LogP contribution is -2.12. The second kappa shape index (κ2) is 8.09. The lowest BCUT2D eigenvalue weighted by Gasteiger charge is -2.10. The highest BCUT2D eigenvalue weighted by atomic mass is 35.5. The zero-order valence-corrected chi connectivity index (χ0v) is 14.2. The molecule has 0 amide bonds. The van der Waals surface area contributed by atoms with Gasteiger partial charge >= 0.3 is 6.18 Å². The number of nitrogens with zero attached hydrogens (tertiary/aromatic N) is 3. The first-order valence-corrected chi connectivity index (χ1v) is 8.22. The topological polar surface area (TPSA) is 70.3 Å². The Balaban J connectivity index is 2.15. The maximum atomic E-state index is 12.6. The van der Waals surface area contributed by atoms with Crippen LogP contribution in [0.3, 0.4) is 0 Å². The molecule has 0 aliphatic carbocycles. The first-order chi connectivity index (χ1) is 11.8. The maximum absolute atomic E-state index is 12.6. The Morgan fingerprint density at radius 1 is 1.36 bits per heavy atom. The summed E-state index contributed by atoms with van der Waals surface area (Å²) in [6.07, 6.45) is -0.338. The molecule has 0 aliphatic heterocycles. The molecule has 1 aromatic carbocycles. The number of benzene rings is 1. The van der Waals surface area contributed by atoms with Crippen LogP contribution < -0.4 is 10.1 Å². The summed E-state index contributed by atoms with van der Waals surface area (Å²) < 4.78 is 43.1. The number of nitrogens with one attached hydrogen (secondary N) is 1. The van der Waals surface area contributed by atoms with Crippen molar-refractivity contribution in [2.45, 2.75) is 6.18 Å². The maximum Gasteiger partial charge on any atom is 0.417 e. The summed E-state index contributed by atoms with van der Waals surface area (Å²) >= 11 is 7.06. The van der Waals surface area contributed by atoms with E-state index in [9.17, 15) is 13.2 Å². The number of hydrogen-bond acceptors (Lipinski definition) is 5. The Morgan fingerprint density at radius 2 is 2.04 bits per heavy atom. The van der Waals surface area contributed by atoms with Crippen molar-refractivity contribution in [3.8, 4) is 17.8 Å². The number of aromatic nitrogens is 1. The van der Waals surface area contributed by atoms with Crippen LogP contribution in [-0.2, 0) is 6.18 Å². The molecular weight excluding hydrogens is 377 g/mol. The molecule has 0 unspecified atom stereocenters. The summed E-state index contributed by atoms with van der Waals surface area (Å²) in [7, 11) is 0. The van der Waals surface area contributed by atoms with E-state index in [1.807, 2.05) is 0 Å². The Morgan fingerprint density at radius 3 is 2.56 bits per heavy atom. The highest BCUT2D eigenvalue weighted by molar-refractivity contribution is 8.13. The molecule has 0 atom stereocenters. The van der Waals surface area contributed by atoms with Gasteiger partial charge in [0.15, 0.2) is 11.4 Å². The fraction of sp³-hybridized carbons (Fsp3) is 0.133. The lowest BCUT2D eigenvalue weighted by atomic mass is 10.3. The molecule has 0 saturated carbocycles. The van der Waals surface area contributed by atoms with Crippen molar-refractivity contribution >= 4 is 34.2 Å². The summed E-state index contributed by atoms with van der Waals surface area (Å²) in [5, 5.41) is 11.2. The number of halogens is 4. The van der Waals surface area contributed by atoms with E-state index in [0.717, 1.165) is 6.07 Å². The molecule has 2 aromatic rings. The van der Waals surface area contributed by atoms with Crippen LogP contribution in [0.2, 0.25) is 5.02 Å². The fourth-order valence-corrected chi connectivity index (χ4v) is 2.19. The van der Waals surface area contributed by atoms with Crippen LogP contribution in [0.25, 0.3) is 0 Å². The first kappa shape index (κ1) is 18.9. The van der Waals surface area contributed by atoms with Crippen molar-refractivity contribution < 1.29 is 17.9 Å². The third-order valence-corrected chi connectivity index (χ3v) is 3.62. The molecule has 0 bridgehead atoms. The number of rotatable bonds is 3. The molecule has 1 aromatic heterocycles. The van der Waals surface area contributed by atoms with Crippen molar-refractivity contribution in [3.63, 3.8) is 0 Å². The zero-order chi connectivity index (χ0) is 18.4. The second-order valence-corrected chi connectivity index (χ2v) is 5.66. The van der Waals surface area contributed by atoms with Gasteiger partial charge in [-0.25, -0.2) is 9.98 Å². The van der Waals surface area contributed by atoms with Gasteiger partial charge in [0.1, 0.15) is 10.8 Å². The number of nitriles is 1. The minimum absolute atomic E-state index is 0.137. The van der Waals surface area contributed by atoms with Crippen LogP contribution in [0.5, 0.6) is 11.6 Å². The molecule has 0 spiro atoms. The van der Waals surface area contributed by atoms with Gasteiger partial charge in [0.2, 0.25) is 5.88 Å². The molecule has 25 heavy (non-hydrogen) atoms. The molecule has 0 saturated heterocycles. The Bertz CT molecular complexity index is 819. The van der Waals surface area contributed by atoms with Crippen molar-refractivity contribution in [3.05, 3.63) is 47.1 Å². The predicted octanol–water partition coefficient (Wildman–Crippen LogP) is 4.97. The minimum atomic E-state index is -4.53. The summed E-state index contributed by atoms with van der Waals surface area (Å²) in [4.78, 5) is 7.79. The molecule has 130 valence electrons. The van der Waals surface area contributed by atoms with Crippen LogP contribution in [0, 0.1) is 11.5 Å². The number of thioether (sulfide) groups is 1. The SMILES string of the molecule is CSC(=Nc1ccc(Oc2ncc(C(F)(F)F)cc2Cl)cc1)NC#N. The highest BCUT2D eigenvalue weighted by Gasteiger charge is 2.31. The number of aliphatic imine (C=N–C) groups is 1. The van der Waals surface area contributed by atoms with Crippen molar-refractivity contribution in [1.29, 1.82) is 5.26 Å². The van der Waals surface area contributed by atoms with Gasteiger partial charge in [-0.2, -0.15) is 18.4 Å². The normalized spacial score (nSPS) is 11.8. The van der Waals surface area contributed by atoms with E-state index in [-0.39, 0.29) is 10.9 Å². The third kappa shape index (κ3) is 5.27. The fourth-order valence-electron chi connectivity index (χ4n) is 1.65. The molecule has 1 N–H and O–H groups in total. The zero-order valence-electron chi connectivity index (χ0n) is 12.6. The first-order valence-electron chi connectivity index (χ1n) is 6.62. The van der Waals surface area contributed by atoms with Crippen LogP contribution >= 0.6 is 23.4 Å². The third-order valence-electron chi connectivity index (χ3n) is 2.77. The van der Waals surface area contributed by atoms with Crippen molar-refractivity contribution in [2.75, 3.05) is 6.26 Å². The monoisotopic (exact) mass is 386 g/mol. The Labute approximate surface area is 150 Å². The Kier molecular flexibility index (Phi) is 6.12. The van der Waals surface area contributed by atoms with E-state index in [1.54, 1.807) is 36.7 Å². The van der Waals surface area contributed by atoms with Crippen LogP contribution in [0.15, 0.2) is 41.5 Å². The molecule has 2 rings (SSSR count). The number of hydrogen-bond donors (Lipinski definition) is 1. The van der Waals surface area contributed by atoms with E-state index >= 15 is 0 Å². The van der Waals surface area contributed by atoms with Gasteiger partial charge in [-0.1, -0.05) is 23.4 Å². The molecule has 0 aliphatic rings. The van der Waals surface area contributed by atoms with Gasteiger partial charge in [0.05, 0.1) is 11.3 Å². The quantitative estimate of drug-likeness (QED) is 0.349. The second-order valence-electron chi connectivity index (χ2n) is 4.46. The summed E-state index contributed by atoms with van der Waals surface area (Å²) in [5.74, 6) is 0.189. The van der Waals surface area contributed by atoms with Gasteiger partial charge in [0.25, 0.3) is 0 Å². The van der Waals surface area contributed by atoms with Crippen LogP contribution in [0.4, 0.5) is 18.9 Å². The Hall–Kier alpha value is -2.44. The number of pyridine rings is 1. The number of alkyl halides is 3. The van der Waals surface area contributed by atoms with Crippen molar-refractivity contribution in [2.24, 2.45) is 4.99 Å². The smallest absolute Gasteiger partial charge is 0.417 e. The van der Waals surface area contributed by atoms with E-state index in [0.29, 0.717) is 22.8 Å². The summed E-state index contributed by atoms with van der Waals surface area (Å²) in [5.41, 5.74) is -0.393. The van der Waals surface area contributed by atoms with Gasteiger partial charge < -0.3 is 4.74 Å². The van der Waals surface area contributed by atoms with E-state index < -0.39 is 11.7 Å². The summed E-state index contributed by atoms with van der Waals surface area (Å²) in [6, 6.07) is 7.09. The summed E-state index contributed by atoms with van der Waals surface area (Å²) in [6.45, 7) is 0. The number of ether oxygens (including phenoxy) is 1. The highest BCUT2D eigenvalue weighted by Crippen LogP contribution is 2.34. The van der Waals surface area contributed by atoms with E-state index in [1.165, 1.54) is 11.8 Å². The predicted molar refractivity (Wildman–Crippen MR) is 90.1 cm³/mol. The van der Waals surface area contributed by atoms with Gasteiger partial charge in [-0.3, -0.25) is 5.32 Å². The van der Waals surface area contributed by atoms with Crippen LogP contribution in [0.1, 0.15) is 5.56 Å². The average Bonchev–Trinajstić information content (AvgIpc) is 2.57. The number of amidine groups is 1. The van der Waals surface area contributed by atoms with E-state index in [2.05, 4.69) is 15.3 Å². The average molecular weight is 387 g/mol. The van der Waals surface area contributed by atoms with Crippen LogP contribution in [-0.4, -0.2) is 16.4 Å².